The molecule has 10 heteroatoms. The highest BCUT2D eigenvalue weighted by atomic mass is 31.2. The molecule has 468 valence electrons. The Morgan fingerprint density at radius 3 is 1.21 bits per heavy atom. The monoisotopic (exact) mass is 1140 g/mol. The molecule has 0 fully saturated rings. The van der Waals surface area contributed by atoms with E-state index in [1.807, 2.05) is 33.3 Å². The molecule has 0 rings (SSSR count). The number of carbonyl (C=O) groups is 2. The van der Waals surface area contributed by atoms with E-state index in [2.05, 4.69) is 74.7 Å². The van der Waals surface area contributed by atoms with Crippen molar-refractivity contribution in [2.45, 2.75) is 335 Å². The molecule has 0 aliphatic rings. The topological polar surface area (TPSA) is 114 Å². The first-order valence-corrected chi connectivity index (χ1v) is 35.6. The van der Waals surface area contributed by atoms with E-state index in [0.717, 1.165) is 103 Å². The molecule has 80 heavy (non-hydrogen) atoms. The zero-order valence-corrected chi connectivity index (χ0v) is 54.4. The lowest BCUT2D eigenvalue weighted by atomic mass is 10.0. The van der Waals surface area contributed by atoms with E-state index in [-0.39, 0.29) is 24.9 Å². The molecule has 0 aliphatic heterocycles. The molecule has 0 spiro atoms. The summed E-state index contributed by atoms with van der Waals surface area (Å²) < 4.78 is 30.4. The van der Waals surface area contributed by atoms with E-state index in [1.165, 1.54) is 186 Å². The van der Waals surface area contributed by atoms with Crippen LogP contribution in [0, 0.1) is 0 Å². The predicted molar refractivity (Wildman–Crippen MR) is 344 cm³/mol. The van der Waals surface area contributed by atoms with Gasteiger partial charge in [0.15, 0.2) is 0 Å². The third-order valence-corrected chi connectivity index (χ3v) is 16.1. The van der Waals surface area contributed by atoms with E-state index in [9.17, 15) is 19.0 Å². The second kappa shape index (κ2) is 59.9. The maximum atomic E-state index is 13.5. The number of nitrogens with one attached hydrogen (secondary N) is 1. The van der Waals surface area contributed by atoms with Crippen LogP contribution in [0.5, 0.6) is 0 Å². The first-order chi connectivity index (χ1) is 38.9. The van der Waals surface area contributed by atoms with Crippen molar-refractivity contribution < 1.29 is 37.3 Å². The number of quaternary nitrogens is 1. The Kier molecular flexibility index (Phi) is 58.1. The molecule has 0 saturated carbocycles. The Labute approximate surface area is 496 Å². The number of hydrogen-bond acceptors (Lipinski definition) is 7. The highest BCUT2D eigenvalue weighted by molar-refractivity contribution is 7.45. The normalized spacial score (nSPS) is 13.9. The van der Waals surface area contributed by atoms with Crippen LogP contribution in [-0.4, -0.2) is 69.4 Å². The summed E-state index contributed by atoms with van der Waals surface area (Å²) in [5.74, 6) is -0.546. The number of amides is 1. The van der Waals surface area contributed by atoms with Crippen LogP contribution >= 0.6 is 7.82 Å². The fourth-order valence-corrected chi connectivity index (χ4v) is 10.7. The minimum Gasteiger partial charge on any atom is -0.756 e. The fourth-order valence-electron chi connectivity index (χ4n) is 9.95. The molecule has 0 heterocycles. The van der Waals surface area contributed by atoms with Gasteiger partial charge in [0.1, 0.15) is 19.3 Å². The van der Waals surface area contributed by atoms with Gasteiger partial charge >= 0.3 is 5.97 Å². The molecule has 0 saturated heterocycles. The second-order valence-electron chi connectivity index (χ2n) is 24.3. The zero-order valence-electron chi connectivity index (χ0n) is 53.5. The van der Waals surface area contributed by atoms with Gasteiger partial charge in [-0.25, -0.2) is 0 Å². The molecular weight excluding hydrogens is 1010 g/mol. The van der Waals surface area contributed by atoms with Crippen molar-refractivity contribution in [1.29, 1.82) is 0 Å². The molecule has 0 radical (unpaired) electrons. The number of phosphoric ester groups is 1. The largest absolute Gasteiger partial charge is 0.756 e. The number of phosphoric acid groups is 1. The third-order valence-electron chi connectivity index (χ3n) is 15.2. The number of unbranched alkanes of at least 4 members (excludes halogenated alkanes) is 38. The van der Waals surface area contributed by atoms with Crippen LogP contribution < -0.4 is 10.2 Å². The number of rotatable bonds is 62. The Morgan fingerprint density at radius 2 is 0.800 bits per heavy atom. The van der Waals surface area contributed by atoms with E-state index < -0.39 is 26.6 Å². The first-order valence-electron chi connectivity index (χ1n) is 34.1. The summed E-state index contributed by atoms with van der Waals surface area (Å²) in [5.41, 5.74) is 0. The molecule has 1 amide bonds. The average molecular weight is 1140 g/mol. The van der Waals surface area contributed by atoms with E-state index in [4.69, 9.17) is 13.8 Å². The van der Waals surface area contributed by atoms with Crippen LogP contribution in [0.15, 0.2) is 60.8 Å². The van der Waals surface area contributed by atoms with Crippen LogP contribution in [0.2, 0.25) is 0 Å². The van der Waals surface area contributed by atoms with Crippen molar-refractivity contribution in [2.75, 3.05) is 40.9 Å². The van der Waals surface area contributed by atoms with Crippen LogP contribution in [-0.2, 0) is 27.9 Å². The Balaban J connectivity index is 4.98. The third kappa shape index (κ3) is 60.3. The number of likely N-dealkylation sites (N-methyl/N-ethyl adjacent to an activating group) is 1. The van der Waals surface area contributed by atoms with Crippen LogP contribution in [0.3, 0.4) is 0 Å². The maximum Gasteiger partial charge on any atom is 0.306 e. The summed E-state index contributed by atoms with van der Waals surface area (Å²) in [4.78, 5) is 40.0. The summed E-state index contributed by atoms with van der Waals surface area (Å²) in [6, 6.07) is -0.895. The van der Waals surface area contributed by atoms with Crippen molar-refractivity contribution in [3.05, 3.63) is 60.8 Å². The Morgan fingerprint density at radius 1 is 0.450 bits per heavy atom. The minimum atomic E-state index is -4.70. The van der Waals surface area contributed by atoms with Crippen molar-refractivity contribution in [3.8, 4) is 0 Å². The van der Waals surface area contributed by atoms with Crippen LogP contribution in [0.4, 0.5) is 0 Å². The number of hydrogen-bond donors (Lipinski definition) is 1. The number of esters is 1. The Bertz CT molecular complexity index is 1550. The summed E-state index contributed by atoms with van der Waals surface area (Å²) in [6.45, 7) is 6.74. The molecule has 0 aromatic heterocycles. The van der Waals surface area contributed by atoms with Crippen LogP contribution in [0.1, 0.15) is 323 Å². The summed E-state index contributed by atoms with van der Waals surface area (Å²) in [6.07, 6.45) is 76.4. The number of ether oxygens (including phenoxy) is 1. The van der Waals surface area contributed by atoms with E-state index in [0.29, 0.717) is 17.4 Å². The molecule has 3 unspecified atom stereocenters. The molecule has 3 atom stereocenters. The molecule has 0 bridgehead atoms. The second-order valence-corrected chi connectivity index (χ2v) is 25.7. The molecule has 9 nitrogen and oxygen atoms in total. The van der Waals surface area contributed by atoms with Gasteiger partial charge in [-0.15, -0.1) is 0 Å². The molecule has 0 aromatic rings. The molecule has 0 aromatic carbocycles. The molecular formula is C70H131N2O7P. The SMILES string of the molecule is CC/C=C/C/C=C/C/C=C/CCCCCCCCC(=O)NC(COP(=O)([O-])OCC[N+](C)(C)C)C(/C=C\CCCCCCCCCCC)OC(=O)CCCCCCCCCCCCCCCCCCC/C=C/CCCCCCCC. The summed E-state index contributed by atoms with van der Waals surface area (Å²) in [7, 11) is 1.18. The summed E-state index contributed by atoms with van der Waals surface area (Å²) in [5, 5.41) is 3.03. The zero-order chi connectivity index (χ0) is 58.6. The highest BCUT2D eigenvalue weighted by Gasteiger charge is 2.27. The maximum absolute atomic E-state index is 13.5. The van der Waals surface area contributed by atoms with E-state index >= 15 is 0 Å². The fraction of sp³-hybridized carbons (Fsp3) is 0.829. The van der Waals surface area contributed by atoms with Gasteiger partial charge in [-0.1, -0.05) is 281 Å². The van der Waals surface area contributed by atoms with Gasteiger partial charge in [-0.05, 0) is 89.5 Å². The minimum absolute atomic E-state index is 0.0252. The number of nitrogens with zero attached hydrogens (tertiary/aromatic N) is 1. The molecule has 0 aliphatic carbocycles. The van der Waals surface area contributed by atoms with Crippen molar-refractivity contribution in [3.63, 3.8) is 0 Å². The van der Waals surface area contributed by atoms with E-state index in [1.54, 1.807) is 0 Å². The van der Waals surface area contributed by atoms with Gasteiger partial charge in [0.05, 0.1) is 33.8 Å². The van der Waals surface area contributed by atoms with Crippen molar-refractivity contribution in [1.82, 2.24) is 5.32 Å². The first kappa shape index (κ1) is 77.7. The lowest BCUT2D eigenvalue weighted by Gasteiger charge is -2.30. The predicted octanol–water partition coefficient (Wildman–Crippen LogP) is 20.8. The van der Waals surface area contributed by atoms with Crippen molar-refractivity contribution >= 4 is 19.7 Å². The Hall–Kier alpha value is -2.29. The molecule has 1 N–H and O–H groups in total. The quantitative estimate of drug-likeness (QED) is 0.0212. The van der Waals surface area contributed by atoms with Gasteiger partial charge in [0.25, 0.3) is 7.82 Å². The van der Waals surface area contributed by atoms with Gasteiger partial charge in [0.2, 0.25) is 5.91 Å². The summed E-state index contributed by atoms with van der Waals surface area (Å²) >= 11 is 0. The number of allylic oxidation sites excluding steroid dienone is 9. The van der Waals surface area contributed by atoms with Gasteiger partial charge in [0, 0.05) is 12.8 Å². The number of carbonyl (C=O) groups excluding carboxylic acids is 2. The highest BCUT2D eigenvalue weighted by Crippen LogP contribution is 2.38. The average Bonchev–Trinajstić information content (AvgIpc) is 3.43. The van der Waals surface area contributed by atoms with Gasteiger partial charge < -0.3 is 28.5 Å². The van der Waals surface area contributed by atoms with Gasteiger partial charge in [-0.2, -0.15) is 0 Å². The standard InChI is InChI=1S/C70H131N2O7P/c1-7-10-13-16-19-22-25-27-29-31-32-33-34-35-36-37-38-39-40-41-43-45-48-51-54-57-60-63-70(74)79-68(61-58-55-52-49-46-24-21-18-15-12-9-3)67(66-78-80(75,76)77-65-64-72(4,5)6)71-69(73)62-59-56-53-50-47-44-42-30-28-26-23-20-17-14-11-8-2/h11,14,20,23,27-30,58,61,67-68H,7-10,12-13,15-19,21-22,24-26,31-57,59-60,62-66H2,1-6H3,(H-,71,73,75,76)/b14-11+,23-20+,29-27+,30-28+,61-58-. The van der Waals surface area contributed by atoms with Crippen LogP contribution in [0.25, 0.3) is 0 Å². The van der Waals surface area contributed by atoms with Crippen molar-refractivity contribution in [2.24, 2.45) is 0 Å². The van der Waals surface area contributed by atoms with Gasteiger partial charge in [-0.3, -0.25) is 14.2 Å². The lowest BCUT2D eigenvalue weighted by Crippen LogP contribution is -2.47. The lowest BCUT2D eigenvalue weighted by molar-refractivity contribution is -0.870. The smallest absolute Gasteiger partial charge is 0.306 e.